The van der Waals surface area contributed by atoms with Crippen molar-refractivity contribution in [3.05, 3.63) is 12.2 Å². The Morgan fingerprint density at radius 2 is 2.10 bits per heavy atom. The molecule has 0 N–H and O–H groups in total. The maximum atomic E-state index is 11.8. The van der Waals surface area contributed by atoms with Crippen molar-refractivity contribution in [3.63, 3.8) is 0 Å². The molecule has 21 heavy (non-hydrogen) atoms. The van der Waals surface area contributed by atoms with Crippen molar-refractivity contribution >= 4 is 17.9 Å². The van der Waals surface area contributed by atoms with Crippen LogP contribution in [0, 0.1) is 11.8 Å². The number of ether oxygens (including phenoxy) is 3. The largest absolute Gasteiger partial charge is 0.458 e. The molecule has 1 aliphatic carbocycles. The minimum absolute atomic E-state index is 0.0730. The van der Waals surface area contributed by atoms with Gasteiger partial charge in [0.15, 0.2) is 6.61 Å². The smallest absolute Gasteiger partial charge is 0.344 e. The standard InChI is InChI=1S/C15H20O6/c1-4-9-5-10-6-11(20-15(10)18)13(9)21-12(16)7-19-14(17)8(2)3/h9-11,13H,2,4-7H2,1,3H3. The summed E-state index contributed by atoms with van der Waals surface area (Å²) in [6, 6.07) is 0. The number of fused-ring (bicyclic) bond motifs is 2. The molecule has 1 saturated carbocycles. The zero-order valence-electron chi connectivity index (χ0n) is 12.3. The van der Waals surface area contributed by atoms with Crippen LogP contribution in [0.3, 0.4) is 0 Å². The monoisotopic (exact) mass is 296 g/mol. The lowest BCUT2D eigenvalue weighted by Crippen LogP contribution is -2.41. The molecule has 0 radical (unpaired) electrons. The van der Waals surface area contributed by atoms with Crippen molar-refractivity contribution in [2.75, 3.05) is 6.61 Å². The van der Waals surface area contributed by atoms with E-state index in [1.807, 2.05) is 6.92 Å². The Bertz CT molecular complexity index is 469. The number of carbonyl (C=O) groups excluding carboxylic acids is 3. The molecule has 6 nitrogen and oxygen atoms in total. The molecule has 2 aliphatic rings. The van der Waals surface area contributed by atoms with Crippen LogP contribution in [0.4, 0.5) is 0 Å². The highest BCUT2D eigenvalue weighted by atomic mass is 16.6. The van der Waals surface area contributed by atoms with Crippen molar-refractivity contribution in [2.24, 2.45) is 11.8 Å². The van der Waals surface area contributed by atoms with Crippen LogP contribution in [-0.2, 0) is 28.6 Å². The molecule has 0 aromatic heterocycles. The lowest BCUT2D eigenvalue weighted by atomic mass is 9.78. The summed E-state index contributed by atoms with van der Waals surface area (Å²) in [6.45, 7) is 6.46. The molecule has 1 heterocycles. The van der Waals surface area contributed by atoms with E-state index < -0.39 is 24.6 Å². The first-order valence-electron chi connectivity index (χ1n) is 7.15. The zero-order valence-corrected chi connectivity index (χ0v) is 12.3. The van der Waals surface area contributed by atoms with Crippen molar-refractivity contribution in [1.29, 1.82) is 0 Å². The van der Waals surface area contributed by atoms with Gasteiger partial charge < -0.3 is 14.2 Å². The molecule has 6 heteroatoms. The van der Waals surface area contributed by atoms with Crippen LogP contribution >= 0.6 is 0 Å². The summed E-state index contributed by atoms with van der Waals surface area (Å²) in [5, 5.41) is 0. The Hall–Kier alpha value is -1.85. The van der Waals surface area contributed by atoms with E-state index in [0.29, 0.717) is 12.8 Å². The van der Waals surface area contributed by atoms with Crippen molar-refractivity contribution in [1.82, 2.24) is 0 Å². The topological polar surface area (TPSA) is 78.9 Å². The molecule has 4 atom stereocenters. The summed E-state index contributed by atoms with van der Waals surface area (Å²) in [4.78, 5) is 34.6. The van der Waals surface area contributed by atoms with Crippen molar-refractivity contribution in [3.8, 4) is 0 Å². The first-order chi connectivity index (χ1) is 9.92. The van der Waals surface area contributed by atoms with Crippen molar-refractivity contribution in [2.45, 2.75) is 45.3 Å². The number of hydrogen-bond acceptors (Lipinski definition) is 6. The van der Waals surface area contributed by atoms with E-state index in [-0.39, 0.29) is 29.5 Å². The third kappa shape index (κ3) is 3.43. The number of hydrogen-bond donors (Lipinski definition) is 0. The zero-order chi connectivity index (χ0) is 15.6. The Morgan fingerprint density at radius 3 is 2.71 bits per heavy atom. The average Bonchev–Trinajstić information content (AvgIpc) is 2.75. The summed E-state index contributed by atoms with van der Waals surface area (Å²) in [5.41, 5.74) is 0.222. The Balaban J connectivity index is 1.91. The molecule has 0 amide bonds. The van der Waals surface area contributed by atoms with Gasteiger partial charge in [0.25, 0.3) is 0 Å². The SMILES string of the molecule is C=C(C)C(=O)OCC(=O)OC1C(CC)CC2CC1OC2=O. The van der Waals surface area contributed by atoms with Crippen LogP contribution in [0.25, 0.3) is 0 Å². The second-order valence-corrected chi connectivity index (χ2v) is 5.62. The third-order valence-electron chi connectivity index (χ3n) is 4.00. The van der Waals surface area contributed by atoms with Crippen LogP contribution in [-0.4, -0.2) is 36.7 Å². The summed E-state index contributed by atoms with van der Waals surface area (Å²) in [5.74, 6) is -1.44. The number of carbonyl (C=O) groups is 3. The molecule has 1 saturated heterocycles. The third-order valence-corrected chi connectivity index (χ3v) is 4.00. The normalized spacial score (nSPS) is 30.5. The summed E-state index contributed by atoms with van der Waals surface area (Å²) >= 11 is 0. The Labute approximate surface area is 123 Å². The molecule has 1 aliphatic heterocycles. The quantitative estimate of drug-likeness (QED) is 0.433. The van der Waals surface area contributed by atoms with Gasteiger partial charge in [-0.1, -0.05) is 13.5 Å². The van der Waals surface area contributed by atoms with Crippen LogP contribution in [0.2, 0.25) is 0 Å². The average molecular weight is 296 g/mol. The lowest BCUT2D eigenvalue weighted by molar-refractivity contribution is -0.171. The van der Waals surface area contributed by atoms with Crippen LogP contribution < -0.4 is 0 Å². The molecular formula is C15H20O6. The minimum Gasteiger partial charge on any atom is -0.458 e. The first-order valence-corrected chi connectivity index (χ1v) is 7.15. The number of rotatable bonds is 5. The molecule has 0 spiro atoms. The molecule has 116 valence electrons. The minimum atomic E-state index is -0.630. The van der Waals surface area contributed by atoms with Gasteiger partial charge in [-0.25, -0.2) is 9.59 Å². The summed E-state index contributed by atoms with van der Waals surface area (Å²) < 4.78 is 15.4. The van der Waals surface area contributed by atoms with Gasteiger partial charge in [-0.2, -0.15) is 0 Å². The van der Waals surface area contributed by atoms with Gasteiger partial charge in [0.1, 0.15) is 12.2 Å². The second-order valence-electron chi connectivity index (χ2n) is 5.62. The fourth-order valence-corrected chi connectivity index (χ4v) is 2.87. The summed E-state index contributed by atoms with van der Waals surface area (Å²) in [7, 11) is 0. The van der Waals surface area contributed by atoms with E-state index in [4.69, 9.17) is 14.2 Å². The lowest BCUT2D eigenvalue weighted by Gasteiger charge is -2.32. The van der Waals surface area contributed by atoms with Gasteiger partial charge >= 0.3 is 17.9 Å². The van der Waals surface area contributed by atoms with Gasteiger partial charge in [-0.05, 0) is 19.8 Å². The van der Waals surface area contributed by atoms with E-state index in [1.165, 1.54) is 6.92 Å². The van der Waals surface area contributed by atoms with E-state index in [9.17, 15) is 14.4 Å². The molecular weight excluding hydrogens is 276 g/mol. The number of esters is 3. The molecule has 2 bridgehead atoms. The van der Waals surface area contributed by atoms with Crippen molar-refractivity contribution < 1.29 is 28.6 Å². The van der Waals surface area contributed by atoms with E-state index in [2.05, 4.69) is 6.58 Å². The van der Waals surface area contributed by atoms with Gasteiger partial charge in [-0.3, -0.25) is 4.79 Å². The molecule has 2 fully saturated rings. The fraction of sp³-hybridized carbons (Fsp3) is 0.667. The fourth-order valence-electron chi connectivity index (χ4n) is 2.87. The molecule has 2 rings (SSSR count). The summed E-state index contributed by atoms with van der Waals surface area (Å²) in [6.07, 6.45) is 1.25. The highest BCUT2D eigenvalue weighted by Crippen LogP contribution is 2.40. The van der Waals surface area contributed by atoms with Gasteiger partial charge in [0, 0.05) is 17.9 Å². The highest BCUT2D eigenvalue weighted by Gasteiger charge is 2.49. The van der Waals surface area contributed by atoms with E-state index in [0.717, 1.165) is 6.42 Å². The van der Waals surface area contributed by atoms with Crippen LogP contribution in [0.1, 0.15) is 33.1 Å². The predicted molar refractivity (Wildman–Crippen MR) is 72.0 cm³/mol. The predicted octanol–water partition coefficient (Wildman–Crippen LogP) is 1.38. The molecule has 4 unspecified atom stereocenters. The van der Waals surface area contributed by atoms with Gasteiger partial charge in [-0.15, -0.1) is 0 Å². The Morgan fingerprint density at radius 1 is 1.38 bits per heavy atom. The first kappa shape index (κ1) is 15.5. The van der Waals surface area contributed by atoms with Crippen LogP contribution in [0.5, 0.6) is 0 Å². The molecule has 0 aromatic carbocycles. The highest BCUT2D eigenvalue weighted by molar-refractivity contribution is 5.88. The van der Waals surface area contributed by atoms with E-state index in [1.54, 1.807) is 0 Å². The molecule has 0 aromatic rings. The van der Waals surface area contributed by atoms with Gasteiger partial charge in [0.05, 0.1) is 5.92 Å². The maximum absolute atomic E-state index is 11.8. The van der Waals surface area contributed by atoms with Gasteiger partial charge in [0.2, 0.25) is 0 Å². The Kier molecular flexibility index (Phi) is 4.65. The van der Waals surface area contributed by atoms with Crippen LogP contribution in [0.15, 0.2) is 12.2 Å². The maximum Gasteiger partial charge on any atom is 0.344 e. The van der Waals surface area contributed by atoms with E-state index >= 15 is 0 Å². The second kappa shape index (κ2) is 6.28.